The predicted octanol–water partition coefficient (Wildman–Crippen LogP) is 2.36. The summed E-state index contributed by atoms with van der Waals surface area (Å²) in [6, 6.07) is 9.32. The summed E-state index contributed by atoms with van der Waals surface area (Å²) < 4.78 is 0. The van der Waals surface area contributed by atoms with Crippen LogP contribution in [0.2, 0.25) is 0 Å². The second kappa shape index (κ2) is 5.42. The maximum absolute atomic E-state index is 11.9. The van der Waals surface area contributed by atoms with Gasteiger partial charge in [0.05, 0.1) is 0 Å². The summed E-state index contributed by atoms with van der Waals surface area (Å²) in [4.78, 5) is 24.6. The van der Waals surface area contributed by atoms with Crippen molar-refractivity contribution in [3.8, 4) is 0 Å². The number of thioether (sulfide) groups is 1. The molecule has 1 saturated heterocycles. The molecular weight excluding hydrogens is 260 g/mol. The largest absolute Gasteiger partial charge is 0.365 e. The van der Waals surface area contributed by atoms with Gasteiger partial charge in [-0.25, -0.2) is 0 Å². The van der Waals surface area contributed by atoms with Crippen LogP contribution >= 0.6 is 23.4 Å². The molecule has 6 heteroatoms. The summed E-state index contributed by atoms with van der Waals surface area (Å²) in [5.74, 6) is 0.0281. The summed E-state index contributed by atoms with van der Waals surface area (Å²) >= 11 is 6.53. The number of nitrogens with zero attached hydrogens (tertiary/aromatic N) is 1. The number of amides is 2. The summed E-state index contributed by atoms with van der Waals surface area (Å²) in [5.41, 5.74) is 0.818. The van der Waals surface area contributed by atoms with Crippen LogP contribution in [0.1, 0.15) is 0 Å². The highest BCUT2D eigenvalue weighted by Crippen LogP contribution is 2.27. The van der Waals surface area contributed by atoms with E-state index in [9.17, 15) is 9.59 Å². The van der Waals surface area contributed by atoms with Gasteiger partial charge >= 0.3 is 0 Å². The number of anilines is 1. The van der Waals surface area contributed by atoms with Gasteiger partial charge in [0.25, 0.3) is 11.1 Å². The van der Waals surface area contributed by atoms with Crippen molar-refractivity contribution < 1.29 is 9.59 Å². The molecule has 0 spiro atoms. The van der Waals surface area contributed by atoms with Crippen LogP contribution in [0, 0.1) is 0 Å². The maximum atomic E-state index is 11.9. The molecule has 0 saturated carbocycles. The van der Waals surface area contributed by atoms with Gasteiger partial charge in [-0.15, -0.1) is 11.6 Å². The first-order chi connectivity index (χ1) is 8.22. The van der Waals surface area contributed by atoms with Crippen LogP contribution in [0.5, 0.6) is 0 Å². The molecule has 1 unspecified atom stereocenters. The number of hydrogen-bond acceptors (Lipinski definition) is 4. The molecule has 2 rings (SSSR count). The van der Waals surface area contributed by atoms with Crippen molar-refractivity contribution >= 4 is 40.2 Å². The molecule has 0 aliphatic carbocycles. The van der Waals surface area contributed by atoms with E-state index in [1.165, 1.54) is 4.90 Å². The van der Waals surface area contributed by atoms with Crippen LogP contribution < -0.4 is 5.32 Å². The van der Waals surface area contributed by atoms with Crippen LogP contribution in [0.3, 0.4) is 0 Å². The number of benzene rings is 1. The van der Waals surface area contributed by atoms with E-state index in [1.54, 1.807) is 0 Å². The summed E-state index contributed by atoms with van der Waals surface area (Å²) in [6.45, 7) is 0.263. The van der Waals surface area contributed by atoms with Gasteiger partial charge in [-0.3, -0.25) is 14.5 Å². The molecule has 1 aromatic carbocycles. The quantitative estimate of drug-likeness (QED) is 0.854. The zero-order chi connectivity index (χ0) is 12.3. The number of carbonyl (C=O) groups excluding carboxylic acids is 2. The topological polar surface area (TPSA) is 49.4 Å². The van der Waals surface area contributed by atoms with Crippen LogP contribution in [-0.2, 0) is 4.79 Å². The van der Waals surface area contributed by atoms with Gasteiger partial charge < -0.3 is 5.32 Å². The lowest BCUT2D eigenvalue weighted by Crippen LogP contribution is -2.35. The molecule has 1 aromatic rings. The van der Waals surface area contributed by atoms with Crippen molar-refractivity contribution in [2.75, 3.05) is 17.7 Å². The highest BCUT2D eigenvalue weighted by molar-refractivity contribution is 8.15. The number of para-hydroxylation sites is 1. The first kappa shape index (κ1) is 12.3. The second-order valence-electron chi connectivity index (χ2n) is 3.45. The highest BCUT2D eigenvalue weighted by atomic mass is 35.5. The fourth-order valence-corrected chi connectivity index (χ4v) is 2.61. The molecule has 1 fully saturated rings. The lowest BCUT2D eigenvalue weighted by Gasteiger charge is -2.13. The van der Waals surface area contributed by atoms with E-state index in [0.29, 0.717) is 0 Å². The molecule has 0 aromatic heterocycles. The minimum Gasteiger partial charge on any atom is -0.365 e. The number of nitrogens with one attached hydrogen (secondary N) is 1. The molecule has 1 heterocycles. The van der Waals surface area contributed by atoms with Crippen molar-refractivity contribution in [1.82, 2.24) is 4.90 Å². The second-order valence-corrected chi connectivity index (χ2v) is 4.89. The van der Waals surface area contributed by atoms with Gasteiger partial charge in [0.2, 0.25) is 0 Å². The Morgan fingerprint density at radius 2 is 2.00 bits per heavy atom. The Labute approximate surface area is 108 Å². The predicted molar refractivity (Wildman–Crippen MR) is 69.3 cm³/mol. The lowest BCUT2D eigenvalue weighted by molar-refractivity contribution is -0.126. The van der Waals surface area contributed by atoms with E-state index in [4.69, 9.17) is 11.6 Å². The Bertz CT molecular complexity index is 427. The Kier molecular flexibility index (Phi) is 3.91. The number of alkyl halides is 1. The third kappa shape index (κ3) is 2.73. The molecule has 4 nitrogen and oxygen atoms in total. The van der Waals surface area contributed by atoms with Crippen molar-refractivity contribution in [1.29, 1.82) is 0 Å². The summed E-state index contributed by atoms with van der Waals surface area (Å²) in [5, 5.41) is 2.22. The fourth-order valence-electron chi connectivity index (χ4n) is 1.51. The standard InChI is InChI=1S/C11H11ClN2O2S/c12-6-7-14-10(15)9(17-11(14)16)13-8-4-2-1-3-5-8/h1-5,9,13H,6-7H2. The number of hydrogen-bond donors (Lipinski definition) is 1. The summed E-state index contributed by atoms with van der Waals surface area (Å²) in [7, 11) is 0. The zero-order valence-electron chi connectivity index (χ0n) is 8.93. The third-order valence-electron chi connectivity index (χ3n) is 2.31. The Morgan fingerprint density at radius 3 is 2.65 bits per heavy atom. The normalized spacial score (nSPS) is 19.8. The molecule has 1 atom stereocenters. The number of rotatable bonds is 4. The first-order valence-corrected chi connectivity index (χ1v) is 6.53. The van der Waals surface area contributed by atoms with Gasteiger partial charge in [-0.1, -0.05) is 18.2 Å². The fraction of sp³-hybridized carbons (Fsp3) is 0.273. The van der Waals surface area contributed by atoms with E-state index in [-0.39, 0.29) is 23.6 Å². The molecule has 90 valence electrons. The molecule has 1 aliphatic rings. The molecule has 0 radical (unpaired) electrons. The monoisotopic (exact) mass is 270 g/mol. The van der Waals surface area contributed by atoms with E-state index >= 15 is 0 Å². The van der Waals surface area contributed by atoms with Crippen molar-refractivity contribution in [2.45, 2.75) is 5.37 Å². The van der Waals surface area contributed by atoms with Crippen LogP contribution in [-0.4, -0.2) is 33.8 Å². The maximum Gasteiger partial charge on any atom is 0.290 e. The minimum absolute atomic E-state index is 0.232. The molecule has 2 amide bonds. The van der Waals surface area contributed by atoms with Crippen molar-refractivity contribution in [2.24, 2.45) is 0 Å². The number of halogens is 1. The molecule has 1 aliphatic heterocycles. The first-order valence-electron chi connectivity index (χ1n) is 5.12. The zero-order valence-corrected chi connectivity index (χ0v) is 10.5. The van der Waals surface area contributed by atoms with Crippen LogP contribution in [0.25, 0.3) is 0 Å². The van der Waals surface area contributed by atoms with Gasteiger partial charge in [0.1, 0.15) is 0 Å². The average molecular weight is 271 g/mol. The van der Waals surface area contributed by atoms with E-state index in [2.05, 4.69) is 5.32 Å². The van der Waals surface area contributed by atoms with Crippen LogP contribution in [0.15, 0.2) is 30.3 Å². The number of carbonyl (C=O) groups is 2. The van der Waals surface area contributed by atoms with Crippen molar-refractivity contribution in [3.63, 3.8) is 0 Å². The molecule has 17 heavy (non-hydrogen) atoms. The van der Waals surface area contributed by atoms with E-state index in [0.717, 1.165) is 17.4 Å². The van der Waals surface area contributed by atoms with Gasteiger partial charge in [-0.05, 0) is 23.9 Å². The highest BCUT2D eigenvalue weighted by Gasteiger charge is 2.39. The van der Waals surface area contributed by atoms with Crippen LogP contribution in [0.4, 0.5) is 10.5 Å². The van der Waals surface area contributed by atoms with E-state index < -0.39 is 5.37 Å². The van der Waals surface area contributed by atoms with Gasteiger partial charge in [0, 0.05) is 18.1 Å². The smallest absolute Gasteiger partial charge is 0.290 e. The van der Waals surface area contributed by atoms with Gasteiger partial charge in [-0.2, -0.15) is 0 Å². The SMILES string of the molecule is O=C1SC(Nc2ccccc2)C(=O)N1CCCl. The Morgan fingerprint density at radius 1 is 1.29 bits per heavy atom. The number of imide groups is 1. The molecule has 1 N–H and O–H groups in total. The van der Waals surface area contributed by atoms with E-state index in [1.807, 2.05) is 30.3 Å². The lowest BCUT2D eigenvalue weighted by atomic mass is 10.3. The average Bonchev–Trinajstić information content (AvgIpc) is 2.59. The summed E-state index contributed by atoms with van der Waals surface area (Å²) in [6.07, 6.45) is 0. The molecule has 0 bridgehead atoms. The van der Waals surface area contributed by atoms with Gasteiger partial charge in [0.15, 0.2) is 5.37 Å². The molecular formula is C11H11ClN2O2S. The van der Waals surface area contributed by atoms with Crippen molar-refractivity contribution in [3.05, 3.63) is 30.3 Å². The minimum atomic E-state index is -0.548. The Balaban J connectivity index is 2.04. The Hall–Kier alpha value is -1.20. The third-order valence-corrected chi connectivity index (χ3v) is 3.46.